The summed E-state index contributed by atoms with van der Waals surface area (Å²) in [7, 11) is 0. The highest BCUT2D eigenvalue weighted by atomic mass is 16.6. The predicted octanol–water partition coefficient (Wildman–Crippen LogP) is 0.221. The molecular formula is C7H8O4. The van der Waals surface area contributed by atoms with E-state index in [0.717, 1.165) is 6.92 Å². The number of carbonyl (C=O) groups is 3. The minimum atomic E-state index is -1.13. The average molecular weight is 156 g/mol. The van der Waals surface area contributed by atoms with Crippen LogP contribution in [0.3, 0.4) is 0 Å². The first-order valence-electron chi connectivity index (χ1n) is 2.94. The molecule has 0 amide bonds. The minimum Gasteiger partial charge on any atom is -0.387 e. The summed E-state index contributed by atoms with van der Waals surface area (Å²) in [4.78, 5) is 31.1. The first kappa shape index (κ1) is 9.55. The number of Topliss-reactive ketones (excluding diaryl/α,β-unsaturated/α-hetero) is 1. The maximum absolute atomic E-state index is 10.5. The molecule has 0 rings (SSSR count). The van der Waals surface area contributed by atoms with Gasteiger partial charge in [-0.05, 0) is 0 Å². The van der Waals surface area contributed by atoms with Crippen molar-refractivity contribution in [3.63, 3.8) is 0 Å². The lowest BCUT2D eigenvalue weighted by atomic mass is 10.4. The van der Waals surface area contributed by atoms with Crippen molar-refractivity contribution >= 4 is 17.7 Å². The monoisotopic (exact) mass is 156 g/mol. The van der Waals surface area contributed by atoms with Crippen LogP contribution in [0.4, 0.5) is 0 Å². The highest BCUT2D eigenvalue weighted by molar-refractivity contribution is 6.34. The number of rotatable bonds is 3. The molecule has 0 aromatic rings. The Morgan fingerprint density at radius 2 is 2.00 bits per heavy atom. The van der Waals surface area contributed by atoms with Crippen molar-refractivity contribution in [3.05, 3.63) is 12.7 Å². The Hall–Kier alpha value is -1.45. The van der Waals surface area contributed by atoms with E-state index < -0.39 is 17.7 Å². The molecule has 0 fully saturated rings. The standard InChI is InChI=1S/C7H8O4/c1-3-4-6(9)11-7(10)5(2)8/h3H,1,4H2,2H3. The molecule has 0 saturated carbocycles. The summed E-state index contributed by atoms with van der Waals surface area (Å²) in [6.07, 6.45) is 1.22. The van der Waals surface area contributed by atoms with Crippen molar-refractivity contribution in [1.29, 1.82) is 0 Å². The fourth-order valence-electron chi connectivity index (χ4n) is 0.335. The molecule has 0 radical (unpaired) electrons. The van der Waals surface area contributed by atoms with Crippen LogP contribution in [-0.2, 0) is 19.1 Å². The molecule has 4 heteroatoms. The predicted molar refractivity (Wildman–Crippen MR) is 36.6 cm³/mol. The summed E-state index contributed by atoms with van der Waals surface area (Å²) in [6.45, 7) is 4.29. The van der Waals surface area contributed by atoms with Gasteiger partial charge in [0.1, 0.15) is 0 Å². The van der Waals surface area contributed by atoms with Gasteiger partial charge < -0.3 is 4.74 Å². The summed E-state index contributed by atoms with van der Waals surface area (Å²) in [5, 5.41) is 0. The zero-order valence-corrected chi connectivity index (χ0v) is 6.12. The quantitative estimate of drug-likeness (QED) is 0.254. The van der Waals surface area contributed by atoms with Gasteiger partial charge in [0, 0.05) is 6.92 Å². The van der Waals surface area contributed by atoms with Gasteiger partial charge >= 0.3 is 11.9 Å². The smallest absolute Gasteiger partial charge is 0.381 e. The number of ketones is 1. The number of hydrogen-bond acceptors (Lipinski definition) is 4. The van der Waals surface area contributed by atoms with Crippen molar-refractivity contribution in [3.8, 4) is 0 Å². The van der Waals surface area contributed by atoms with E-state index in [9.17, 15) is 14.4 Å². The molecule has 60 valence electrons. The SMILES string of the molecule is C=CCC(=O)OC(=O)C(C)=O. The van der Waals surface area contributed by atoms with Gasteiger partial charge in [0.05, 0.1) is 6.42 Å². The molecule has 4 nitrogen and oxygen atoms in total. The van der Waals surface area contributed by atoms with Crippen molar-refractivity contribution in [2.75, 3.05) is 0 Å². The van der Waals surface area contributed by atoms with Crippen molar-refractivity contribution in [1.82, 2.24) is 0 Å². The van der Waals surface area contributed by atoms with E-state index in [2.05, 4.69) is 11.3 Å². The van der Waals surface area contributed by atoms with Crippen LogP contribution in [0.15, 0.2) is 12.7 Å². The molecule has 0 aromatic heterocycles. The molecular weight excluding hydrogens is 148 g/mol. The lowest BCUT2D eigenvalue weighted by Crippen LogP contribution is -2.17. The summed E-state index contributed by atoms with van der Waals surface area (Å²) in [6, 6.07) is 0. The van der Waals surface area contributed by atoms with Crippen LogP contribution in [0.2, 0.25) is 0 Å². The Bertz CT molecular complexity index is 204. The van der Waals surface area contributed by atoms with E-state index in [-0.39, 0.29) is 6.42 Å². The van der Waals surface area contributed by atoms with Gasteiger partial charge in [-0.2, -0.15) is 0 Å². The van der Waals surface area contributed by atoms with Gasteiger partial charge in [0.15, 0.2) is 0 Å². The van der Waals surface area contributed by atoms with Crippen LogP contribution >= 0.6 is 0 Å². The highest BCUT2D eigenvalue weighted by Crippen LogP contribution is 1.88. The molecule has 0 aliphatic rings. The molecule has 11 heavy (non-hydrogen) atoms. The van der Waals surface area contributed by atoms with Gasteiger partial charge in [0.2, 0.25) is 5.78 Å². The van der Waals surface area contributed by atoms with Crippen molar-refractivity contribution < 1.29 is 19.1 Å². The van der Waals surface area contributed by atoms with E-state index >= 15 is 0 Å². The molecule has 0 bridgehead atoms. The summed E-state index contributed by atoms with van der Waals surface area (Å²) < 4.78 is 4.05. The fraction of sp³-hybridized carbons (Fsp3) is 0.286. The molecule has 0 unspecified atom stereocenters. The first-order chi connectivity index (χ1) is 5.07. The lowest BCUT2D eigenvalue weighted by molar-refractivity contribution is -0.163. The van der Waals surface area contributed by atoms with E-state index in [4.69, 9.17) is 0 Å². The van der Waals surface area contributed by atoms with Crippen molar-refractivity contribution in [2.45, 2.75) is 13.3 Å². The largest absolute Gasteiger partial charge is 0.387 e. The van der Waals surface area contributed by atoms with Crippen LogP contribution < -0.4 is 0 Å². The van der Waals surface area contributed by atoms with E-state index in [1.807, 2.05) is 0 Å². The Morgan fingerprint density at radius 1 is 1.45 bits per heavy atom. The Balaban J connectivity index is 3.85. The number of esters is 2. The zero-order chi connectivity index (χ0) is 8.85. The molecule has 0 heterocycles. The lowest BCUT2D eigenvalue weighted by Gasteiger charge is -1.95. The number of hydrogen-bond donors (Lipinski definition) is 0. The fourth-order valence-corrected chi connectivity index (χ4v) is 0.335. The first-order valence-corrected chi connectivity index (χ1v) is 2.94. The van der Waals surface area contributed by atoms with Gasteiger partial charge in [-0.25, -0.2) is 4.79 Å². The second kappa shape index (κ2) is 4.38. The van der Waals surface area contributed by atoms with Crippen molar-refractivity contribution in [2.24, 2.45) is 0 Å². The molecule has 0 N–H and O–H groups in total. The Kier molecular flexibility index (Phi) is 3.80. The third-order valence-electron chi connectivity index (χ3n) is 0.805. The summed E-state index contributed by atoms with van der Waals surface area (Å²) in [5.74, 6) is -2.68. The topological polar surface area (TPSA) is 60.4 Å². The van der Waals surface area contributed by atoms with Crippen LogP contribution in [0.1, 0.15) is 13.3 Å². The number of carbonyl (C=O) groups excluding carboxylic acids is 3. The molecule has 0 atom stereocenters. The van der Waals surface area contributed by atoms with Gasteiger partial charge in [-0.1, -0.05) is 6.08 Å². The van der Waals surface area contributed by atoms with Gasteiger partial charge in [0.25, 0.3) is 0 Å². The third kappa shape index (κ3) is 4.02. The second-order valence-electron chi connectivity index (χ2n) is 1.81. The number of ether oxygens (including phenoxy) is 1. The molecule has 0 aromatic carbocycles. The maximum Gasteiger partial charge on any atom is 0.381 e. The molecule has 0 spiro atoms. The minimum absolute atomic E-state index is 0.0704. The average Bonchev–Trinajstić information content (AvgIpc) is 1.87. The second-order valence-corrected chi connectivity index (χ2v) is 1.81. The Labute approximate surface area is 63.8 Å². The normalized spacial score (nSPS) is 8.45. The zero-order valence-electron chi connectivity index (χ0n) is 6.12. The van der Waals surface area contributed by atoms with Crippen LogP contribution in [-0.4, -0.2) is 17.7 Å². The molecule has 0 aliphatic heterocycles. The van der Waals surface area contributed by atoms with Crippen LogP contribution in [0.25, 0.3) is 0 Å². The van der Waals surface area contributed by atoms with E-state index in [1.165, 1.54) is 6.08 Å². The van der Waals surface area contributed by atoms with E-state index in [0.29, 0.717) is 0 Å². The molecule has 0 aliphatic carbocycles. The summed E-state index contributed by atoms with van der Waals surface area (Å²) in [5.41, 5.74) is 0. The van der Waals surface area contributed by atoms with Crippen LogP contribution in [0, 0.1) is 0 Å². The summed E-state index contributed by atoms with van der Waals surface area (Å²) >= 11 is 0. The highest BCUT2D eigenvalue weighted by Gasteiger charge is 2.12. The third-order valence-corrected chi connectivity index (χ3v) is 0.805. The van der Waals surface area contributed by atoms with Gasteiger partial charge in [-0.3, -0.25) is 9.59 Å². The van der Waals surface area contributed by atoms with Crippen LogP contribution in [0.5, 0.6) is 0 Å². The van der Waals surface area contributed by atoms with Gasteiger partial charge in [-0.15, -0.1) is 6.58 Å². The van der Waals surface area contributed by atoms with E-state index in [1.54, 1.807) is 0 Å². The molecule has 0 saturated heterocycles. The Morgan fingerprint density at radius 3 is 2.36 bits per heavy atom. The maximum atomic E-state index is 10.5.